The number of nitrogens with zero attached hydrogens (tertiary/aromatic N) is 1. The zero-order chi connectivity index (χ0) is 13.7. The summed E-state index contributed by atoms with van der Waals surface area (Å²) in [6, 6.07) is 5.46. The maximum absolute atomic E-state index is 11.8. The lowest BCUT2D eigenvalue weighted by atomic mass is 10.2. The molecule has 4 nitrogen and oxygen atoms in total. The van der Waals surface area contributed by atoms with Gasteiger partial charge in [-0.3, -0.25) is 4.79 Å². The van der Waals surface area contributed by atoms with Crippen LogP contribution in [-0.2, 0) is 4.79 Å². The van der Waals surface area contributed by atoms with Gasteiger partial charge >= 0.3 is 0 Å². The van der Waals surface area contributed by atoms with Crippen LogP contribution < -0.4 is 16.0 Å². The number of rotatable bonds is 5. The fraction of sp³-hybridized carbons (Fsp3) is 0.462. The van der Waals surface area contributed by atoms with Crippen LogP contribution in [0.1, 0.15) is 19.8 Å². The van der Waals surface area contributed by atoms with Gasteiger partial charge in [0, 0.05) is 31.6 Å². The zero-order valence-electron chi connectivity index (χ0n) is 11.9. The number of halogens is 3. The predicted molar refractivity (Wildman–Crippen MR) is 91.8 cm³/mol. The van der Waals surface area contributed by atoms with Gasteiger partial charge in [0.2, 0.25) is 5.91 Å². The van der Waals surface area contributed by atoms with Crippen LogP contribution in [-0.4, -0.2) is 26.0 Å². The first-order valence-corrected chi connectivity index (χ1v) is 6.30. The molecule has 0 bridgehead atoms. The minimum Gasteiger partial charge on any atom is -0.376 e. The van der Waals surface area contributed by atoms with Crippen LogP contribution in [0.4, 0.5) is 11.4 Å². The second kappa shape index (κ2) is 10.1. The van der Waals surface area contributed by atoms with E-state index in [1.165, 1.54) is 0 Å². The van der Waals surface area contributed by atoms with Crippen molar-refractivity contribution in [2.75, 3.05) is 24.3 Å². The van der Waals surface area contributed by atoms with Gasteiger partial charge in [-0.15, -0.1) is 24.8 Å². The SMILES string of the molecule is CC(N)CCC(=O)Nc1cc(Cl)ccc1N(C)C.Cl.Cl. The van der Waals surface area contributed by atoms with Crippen molar-refractivity contribution in [2.24, 2.45) is 5.73 Å². The van der Waals surface area contributed by atoms with Gasteiger partial charge in [0.25, 0.3) is 0 Å². The van der Waals surface area contributed by atoms with E-state index in [0.717, 1.165) is 11.4 Å². The van der Waals surface area contributed by atoms with Crippen molar-refractivity contribution in [1.82, 2.24) is 0 Å². The van der Waals surface area contributed by atoms with Gasteiger partial charge in [0.15, 0.2) is 0 Å². The molecule has 1 aromatic carbocycles. The van der Waals surface area contributed by atoms with E-state index in [1.54, 1.807) is 12.1 Å². The smallest absolute Gasteiger partial charge is 0.224 e. The highest BCUT2D eigenvalue weighted by Gasteiger charge is 2.09. The highest BCUT2D eigenvalue weighted by molar-refractivity contribution is 6.31. The minimum absolute atomic E-state index is 0. The summed E-state index contributed by atoms with van der Waals surface area (Å²) < 4.78 is 0. The van der Waals surface area contributed by atoms with Crippen LogP contribution in [0, 0.1) is 0 Å². The number of anilines is 2. The third-order valence-electron chi connectivity index (χ3n) is 2.54. The monoisotopic (exact) mass is 341 g/mol. The molecule has 0 radical (unpaired) electrons. The van der Waals surface area contributed by atoms with Gasteiger partial charge in [0.05, 0.1) is 11.4 Å². The quantitative estimate of drug-likeness (QED) is 0.863. The highest BCUT2D eigenvalue weighted by atomic mass is 35.5. The number of carbonyl (C=O) groups is 1. The van der Waals surface area contributed by atoms with Gasteiger partial charge < -0.3 is 16.0 Å². The summed E-state index contributed by atoms with van der Waals surface area (Å²) in [5.41, 5.74) is 7.28. The maximum Gasteiger partial charge on any atom is 0.224 e. The van der Waals surface area contributed by atoms with E-state index in [1.807, 2.05) is 32.0 Å². The van der Waals surface area contributed by atoms with E-state index in [4.69, 9.17) is 17.3 Å². The second-order valence-electron chi connectivity index (χ2n) is 4.62. The van der Waals surface area contributed by atoms with Crippen LogP contribution in [0.5, 0.6) is 0 Å². The molecule has 7 heteroatoms. The fourth-order valence-corrected chi connectivity index (χ4v) is 1.74. The molecule has 0 saturated heterocycles. The molecule has 0 aliphatic carbocycles. The van der Waals surface area contributed by atoms with Crippen molar-refractivity contribution < 1.29 is 4.79 Å². The number of nitrogens with one attached hydrogen (secondary N) is 1. The molecule has 0 fully saturated rings. The molecule has 116 valence electrons. The third kappa shape index (κ3) is 7.20. The van der Waals surface area contributed by atoms with Crippen LogP contribution in [0.2, 0.25) is 5.02 Å². The Morgan fingerprint density at radius 2 is 2.00 bits per heavy atom. The fourth-order valence-electron chi connectivity index (χ4n) is 1.57. The topological polar surface area (TPSA) is 58.4 Å². The van der Waals surface area contributed by atoms with Crippen molar-refractivity contribution in [2.45, 2.75) is 25.8 Å². The van der Waals surface area contributed by atoms with E-state index in [0.29, 0.717) is 17.9 Å². The third-order valence-corrected chi connectivity index (χ3v) is 2.78. The lowest BCUT2D eigenvalue weighted by molar-refractivity contribution is -0.116. The molecule has 20 heavy (non-hydrogen) atoms. The lowest BCUT2D eigenvalue weighted by Crippen LogP contribution is -2.20. The molecular weight excluding hydrogens is 321 g/mol. The molecule has 1 rings (SSSR count). The van der Waals surface area contributed by atoms with Gasteiger partial charge in [0.1, 0.15) is 0 Å². The van der Waals surface area contributed by atoms with Crippen LogP contribution in [0.25, 0.3) is 0 Å². The molecule has 0 heterocycles. The van der Waals surface area contributed by atoms with Gasteiger partial charge in [-0.25, -0.2) is 0 Å². The Balaban J connectivity index is 0. The standard InChI is InChI=1S/C13H20ClN3O.2ClH/c1-9(15)4-7-13(18)16-11-8-10(14)5-6-12(11)17(2)3;;/h5-6,8-9H,4,7,15H2,1-3H3,(H,16,18);2*1H. The van der Waals surface area contributed by atoms with E-state index >= 15 is 0 Å². The summed E-state index contributed by atoms with van der Waals surface area (Å²) in [4.78, 5) is 13.7. The molecule has 1 aromatic rings. The molecule has 1 unspecified atom stereocenters. The summed E-state index contributed by atoms with van der Waals surface area (Å²) in [6.07, 6.45) is 1.08. The van der Waals surface area contributed by atoms with Crippen LogP contribution in [0.3, 0.4) is 0 Å². The molecule has 0 aromatic heterocycles. The molecular formula is C13H22Cl3N3O. The van der Waals surface area contributed by atoms with E-state index < -0.39 is 0 Å². The summed E-state index contributed by atoms with van der Waals surface area (Å²) in [7, 11) is 3.84. The number of hydrogen-bond donors (Lipinski definition) is 2. The first kappa shape index (κ1) is 21.6. The maximum atomic E-state index is 11.8. The molecule has 1 amide bonds. The number of hydrogen-bond acceptors (Lipinski definition) is 3. The van der Waals surface area contributed by atoms with Crippen molar-refractivity contribution in [3.8, 4) is 0 Å². The molecule has 0 aliphatic rings. The molecule has 0 aliphatic heterocycles. The summed E-state index contributed by atoms with van der Waals surface area (Å²) in [6.45, 7) is 1.89. The molecule has 3 N–H and O–H groups in total. The number of carbonyl (C=O) groups excluding carboxylic acids is 1. The van der Waals surface area contributed by atoms with Crippen molar-refractivity contribution >= 4 is 53.7 Å². The molecule has 0 spiro atoms. The Bertz CT molecular complexity index is 425. The van der Waals surface area contributed by atoms with Crippen molar-refractivity contribution in [1.29, 1.82) is 0 Å². The largest absolute Gasteiger partial charge is 0.376 e. The van der Waals surface area contributed by atoms with Crippen LogP contribution >= 0.6 is 36.4 Å². The number of benzene rings is 1. The Kier molecular flexibility index (Phi) is 10.9. The normalized spacial score (nSPS) is 10.8. The average molecular weight is 343 g/mol. The van der Waals surface area contributed by atoms with E-state index in [9.17, 15) is 4.79 Å². The number of nitrogens with two attached hydrogens (primary N) is 1. The van der Waals surface area contributed by atoms with Crippen molar-refractivity contribution in [3.05, 3.63) is 23.2 Å². The van der Waals surface area contributed by atoms with Gasteiger partial charge in [-0.05, 0) is 31.5 Å². The lowest BCUT2D eigenvalue weighted by Gasteiger charge is -2.18. The predicted octanol–water partition coefficient (Wildman–Crippen LogP) is 3.32. The van der Waals surface area contributed by atoms with Crippen molar-refractivity contribution in [3.63, 3.8) is 0 Å². The second-order valence-corrected chi connectivity index (χ2v) is 5.06. The summed E-state index contributed by atoms with van der Waals surface area (Å²) in [5, 5.41) is 3.47. The Labute approximate surface area is 137 Å². The van der Waals surface area contributed by atoms with Gasteiger partial charge in [-0.1, -0.05) is 11.6 Å². The molecule has 1 atom stereocenters. The summed E-state index contributed by atoms with van der Waals surface area (Å²) in [5.74, 6) is -0.0438. The summed E-state index contributed by atoms with van der Waals surface area (Å²) >= 11 is 5.94. The first-order chi connectivity index (χ1) is 8.40. The van der Waals surface area contributed by atoms with Gasteiger partial charge in [-0.2, -0.15) is 0 Å². The Morgan fingerprint density at radius 3 is 2.50 bits per heavy atom. The Hall–Kier alpha value is -0.680. The highest BCUT2D eigenvalue weighted by Crippen LogP contribution is 2.27. The first-order valence-electron chi connectivity index (χ1n) is 5.92. The Morgan fingerprint density at radius 1 is 1.40 bits per heavy atom. The van der Waals surface area contributed by atoms with E-state index in [2.05, 4.69) is 5.32 Å². The average Bonchev–Trinajstić information content (AvgIpc) is 2.26. The number of amides is 1. The minimum atomic E-state index is -0.0438. The zero-order valence-corrected chi connectivity index (χ0v) is 14.2. The molecule has 0 saturated carbocycles. The van der Waals surface area contributed by atoms with Crippen LogP contribution in [0.15, 0.2) is 18.2 Å². The van der Waals surface area contributed by atoms with E-state index in [-0.39, 0.29) is 36.8 Å².